The number of allylic oxidation sites excluding steroid dienone is 3. The summed E-state index contributed by atoms with van der Waals surface area (Å²) in [6.45, 7) is 6.12. The highest BCUT2D eigenvalue weighted by Crippen LogP contribution is 2.48. The van der Waals surface area contributed by atoms with Gasteiger partial charge in [0.1, 0.15) is 17.2 Å². The monoisotopic (exact) mass is 505 g/mol. The van der Waals surface area contributed by atoms with E-state index in [-0.39, 0.29) is 24.2 Å². The molecule has 37 heavy (non-hydrogen) atoms. The molecule has 0 bridgehead atoms. The van der Waals surface area contributed by atoms with E-state index in [4.69, 9.17) is 18.9 Å². The van der Waals surface area contributed by atoms with Gasteiger partial charge in [-0.15, -0.1) is 0 Å². The van der Waals surface area contributed by atoms with Gasteiger partial charge in [0.2, 0.25) is 0 Å². The number of carbonyl (C=O) groups excluding carboxylic acids is 2. The van der Waals surface area contributed by atoms with Gasteiger partial charge in [0.25, 0.3) is 0 Å². The summed E-state index contributed by atoms with van der Waals surface area (Å²) in [7, 11) is 4.80. The minimum Gasteiger partial charge on any atom is -0.497 e. The van der Waals surface area contributed by atoms with Crippen LogP contribution in [0.25, 0.3) is 0 Å². The van der Waals surface area contributed by atoms with Crippen LogP contribution in [-0.4, -0.2) is 39.7 Å². The van der Waals surface area contributed by atoms with Gasteiger partial charge >= 0.3 is 5.97 Å². The molecule has 0 amide bonds. The lowest BCUT2D eigenvalue weighted by molar-refractivity contribution is -0.140. The van der Waals surface area contributed by atoms with Crippen molar-refractivity contribution in [3.8, 4) is 17.2 Å². The molecular formula is C30H35NO6. The molecule has 1 N–H and O–H groups in total. The van der Waals surface area contributed by atoms with E-state index >= 15 is 0 Å². The second kappa shape index (κ2) is 11.1. The zero-order chi connectivity index (χ0) is 26.7. The molecule has 7 nitrogen and oxygen atoms in total. The Kier molecular flexibility index (Phi) is 7.91. The zero-order valence-corrected chi connectivity index (χ0v) is 22.3. The summed E-state index contributed by atoms with van der Waals surface area (Å²) in [5.74, 6) is 1.08. The van der Waals surface area contributed by atoms with Crippen LogP contribution >= 0.6 is 0 Å². The van der Waals surface area contributed by atoms with Crippen molar-refractivity contribution in [2.45, 2.75) is 45.4 Å². The second-order valence-corrected chi connectivity index (χ2v) is 9.89. The first-order valence-corrected chi connectivity index (χ1v) is 12.5. The van der Waals surface area contributed by atoms with Crippen LogP contribution in [0.1, 0.15) is 56.6 Å². The molecule has 196 valence electrons. The van der Waals surface area contributed by atoms with Crippen molar-refractivity contribution in [1.82, 2.24) is 5.32 Å². The van der Waals surface area contributed by atoms with Crippen molar-refractivity contribution in [3.63, 3.8) is 0 Å². The van der Waals surface area contributed by atoms with Gasteiger partial charge in [0.15, 0.2) is 5.78 Å². The number of carbonyl (C=O) groups is 2. The highest BCUT2D eigenvalue weighted by molar-refractivity contribution is 6.04. The number of nitrogens with one attached hydrogen (secondary N) is 1. The Bertz CT molecular complexity index is 1240. The highest BCUT2D eigenvalue weighted by Gasteiger charge is 2.42. The van der Waals surface area contributed by atoms with E-state index in [1.54, 1.807) is 33.5 Å². The molecule has 0 saturated carbocycles. The van der Waals surface area contributed by atoms with E-state index in [0.717, 1.165) is 17.0 Å². The lowest BCUT2D eigenvalue weighted by Gasteiger charge is -2.37. The lowest BCUT2D eigenvalue weighted by Crippen LogP contribution is -2.36. The number of rotatable bonds is 8. The summed E-state index contributed by atoms with van der Waals surface area (Å²) in [5, 5.41) is 3.40. The van der Waals surface area contributed by atoms with Gasteiger partial charge in [-0.3, -0.25) is 4.79 Å². The summed E-state index contributed by atoms with van der Waals surface area (Å²) < 4.78 is 22.1. The fourth-order valence-electron chi connectivity index (χ4n) is 5.12. The van der Waals surface area contributed by atoms with Crippen molar-refractivity contribution in [1.29, 1.82) is 0 Å². The third-order valence-electron chi connectivity index (χ3n) is 6.93. The molecule has 0 fully saturated rings. The Balaban J connectivity index is 1.81. The van der Waals surface area contributed by atoms with E-state index in [9.17, 15) is 9.59 Å². The minimum absolute atomic E-state index is 0.00824. The highest BCUT2D eigenvalue weighted by atomic mass is 16.5. The van der Waals surface area contributed by atoms with Crippen LogP contribution in [0.15, 0.2) is 65.0 Å². The standard InChI is InChI=1S/C30H35NO6/c1-17(2)16-37-30(33)27-18(3)31-24-13-20(19-7-9-21(34-4)10-8-19)14-25(32)29(24)28(27)23-15-22(35-5)11-12-26(23)36-6/h7-12,15,17,20,28,31H,13-14,16H2,1-6H3/t20-,28-/m1/s1. The van der Waals surface area contributed by atoms with Crippen LogP contribution in [0.2, 0.25) is 0 Å². The summed E-state index contributed by atoms with van der Waals surface area (Å²) in [5.41, 5.74) is 4.26. The number of benzene rings is 2. The molecule has 0 aromatic heterocycles. The topological polar surface area (TPSA) is 83.1 Å². The molecule has 0 unspecified atom stereocenters. The minimum atomic E-state index is -0.634. The normalized spacial score (nSPS) is 19.4. The van der Waals surface area contributed by atoms with E-state index < -0.39 is 11.9 Å². The Morgan fingerprint density at radius 3 is 2.27 bits per heavy atom. The van der Waals surface area contributed by atoms with Gasteiger partial charge in [-0.1, -0.05) is 26.0 Å². The summed E-state index contributed by atoms with van der Waals surface area (Å²) >= 11 is 0. The second-order valence-electron chi connectivity index (χ2n) is 9.89. The number of ether oxygens (including phenoxy) is 4. The zero-order valence-electron chi connectivity index (χ0n) is 22.3. The number of hydrogen-bond acceptors (Lipinski definition) is 7. The van der Waals surface area contributed by atoms with Crippen LogP contribution in [0, 0.1) is 5.92 Å². The smallest absolute Gasteiger partial charge is 0.336 e. The largest absolute Gasteiger partial charge is 0.497 e. The number of Topliss-reactive ketones (excluding diaryl/α,β-unsaturated/α-hetero) is 1. The molecular weight excluding hydrogens is 470 g/mol. The number of ketones is 1. The summed E-state index contributed by atoms with van der Waals surface area (Å²) in [4.78, 5) is 27.3. The van der Waals surface area contributed by atoms with Crippen LogP contribution in [0.5, 0.6) is 17.2 Å². The molecule has 2 aromatic rings. The van der Waals surface area contributed by atoms with Crippen molar-refractivity contribution >= 4 is 11.8 Å². The van der Waals surface area contributed by atoms with Crippen LogP contribution in [0.4, 0.5) is 0 Å². The van der Waals surface area contributed by atoms with E-state index in [0.29, 0.717) is 46.7 Å². The molecule has 2 atom stereocenters. The Morgan fingerprint density at radius 2 is 1.65 bits per heavy atom. The average molecular weight is 506 g/mol. The quantitative estimate of drug-likeness (QED) is 0.489. The van der Waals surface area contributed by atoms with Crippen molar-refractivity contribution in [3.05, 3.63) is 76.1 Å². The van der Waals surface area contributed by atoms with Crippen molar-refractivity contribution in [2.75, 3.05) is 27.9 Å². The molecule has 0 saturated heterocycles. The number of esters is 1. The predicted octanol–water partition coefficient (Wildman–Crippen LogP) is 5.27. The molecule has 7 heteroatoms. The molecule has 2 aliphatic rings. The Labute approximate surface area is 218 Å². The molecule has 0 radical (unpaired) electrons. The van der Waals surface area contributed by atoms with Gasteiger partial charge in [-0.2, -0.15) is 0 Å². The summed E-state index contributed by atoms with van der Waals surface area (Å²) in [6.07, 6.45) is 0.977. The number of hydrogen-bond donors (Lipinski definition) is 1. The van der Waals surface area contributed by atoms with Gasteiger partial charge in [0, 0.05) is 29.0 Å². The molecule has 2 aromatic carbocycles. The summed E-state index contributed by atoms with van der Waals surface area (Å²) in [6, 6.07) is 13.3. The van der Waals surface area contributed by atoms with Gasteiger partial charge in [-0.05, 0) is 61.1 Å². The molecule has 1 aliphatic heterocycles. The fourth-order valence-corrected chi connectivity index (χ4v) is 5.12. The first kappa shape index (κ1) is 26.3. The van der Waals surface area contributed by atoms with Gasteiger partial charge in [-0.25, -0.2) is 4.79 Å². The van der Waals surface area contributed by atoms with Gasteiger partial charge in [0.05, 0.1) is 39.4 Å². The molecule has 1 aliphatic carbocycles. The fraction of sp³-hybridized carbons (Fsp3) is 0.400. The Morgan fingerprint density at radius 1 is 0.973 bits per heavy atom. The number of dihydropyridines is 1. The maximum absolute atomic E-state index is 13.8. The third-order valence-corrected chi connectivity index (χ3v) is 6.93. The van der Waals surface area contributed by atoms with Crippen LogP contribution < -0.4 is 19.5 Å². The van der Waals surface area contributed by atoms with E-state index in [1.165, 1.54) is 0 Å². The van der Waals surface area contributed by atoms with Crippen LogP contribution in [-0.2, 0) is 14.3 Å². The van der Waals surface area contributed by atoms with Crippen LogP contribution in [0.3, 0.4) is 0 Å². The first-order chi connectivity index (χ1) is 17.8. The van der Waals surface area contributed by atoms with Crippen molar-refractivity contribution in [2.24, 2.45) is 5.92 Å². The van der Waals surface area contributed by atoms with Crippen molar-refractivity contribution < 1.29 is 28.5 Å². The maximum Gasteiger partial charge on any atom is 0.336 e. The first-order valence-electron chi connectivity index (χ1n) is 12.5. The molecule has 4 rings (SSSR count). The molecule has 1 heterocycles. The van der Waals surface area contributed by atoms with Gasteiger partial charge < -0.3 is 24.3 Å². The SMILES string of the molecule is COc1ccc([C@H]2CC(=O)C3=C(C2)NC(C)=C(C(=O)OCC(C)C)[C@H]3c2cc(OC)ccc2OC)cc1. The number of methoxy groups -OCH3 is 3. The maximum atomic E-state index is 13.8. The van der Waals surface area contributed by atoms with E-state index in [1.807, 2.05) is 51.1 Å². The third kappa shape index (κ3) is 5.36. The molecule has 0 spiro atoms. The Hall–Kier alpha value is -3.74. The average Bonchev–Trinajstić information content (AvgIpc) is 2.90. The van der Waals surface area contributed by atoms with E-state index in [2.05, 4.69) is 5.32 Å². The predicted molar refractivity (Wildman–Crippen MR) is 141 cm³/mol. The lowest BCUT2D eigenvalue weighted by atomic mass is 9.71.